The zero-order chi connectivity index (χ0) is 13.8. The standard InChI is InChI=1S/C9H7N7O3/c10-7-3-5(6(4-12-7)16(18)19)8(17)14-9-11-1-2-13-15-9/h1-4H,(H2,10,12)(H,11,14,15,17). The van der Waals surface area contributed by atoms with E-state index < -0.39 is 16.5 Å². The van der Waals surface area contributed by atoms with E-state index in [-0.39, 0.29) is 17.3 Å². The molecule has 10 nitrogen and oxygen atoms in total. The summed E-state index contributed by atoms with van der Waals surface area (Å²) < 4.78 is 0. The molecule has 10 heteroatoms. The number of aromatic nitrogens is 4. The average Bonchev–Trinajstić information content (AvgIpc) is 2.39. The molecule has 3 N–H and O–H groups in total. The van der Waals surface area contributed by atoms with Gasteiger partial charge in [-0.15, -0.1) is 5.10 Å². The van der Waals surface area contributed by atoms with Crippen LogP contribution in [0.2, 0.25) is 0 Å². The molecule has 0 aliphatic heterocycles. The molecule has 2 aromatic heterocycles. The summed E-state index contributed by atoms with van der Waals surface area (Å²) in [5.41, 5.74) is 4.71. The van der Waals surface area contributed by atoms with Crippen molar-refractivity contribution in [1.29, 1.82) is 0 Å². The summed E-state index contributed by atoms with van der Waals surface area (Å²) in [5.74, 6) is -0.853. The number of amides is 1. The second kappa shape index (κ2) is 5.00. The van der Waals surface area contributed by atoms with Crippen LogP contribution in [-0.2, 0) is 0 Å². The van der Waals surface area contributed by atoms with Gasteiger partial charge < -0.3 is 5.73 Å². The molecular weight excluding hydrogens is 254 g/mol. The van der Waals surface area contributed by atoms with Gasteiger partial charge in [-0.05, 0) is 6.07 Å². The molecule has 2 heterocycles. The number of pyridine rings is 1. The molecule has 0 aliphatic carbocycles. The predicted octanol–water partition coefficient (Wildman–Crippen LogP) is 0.00930. The van der Waals surface area contributed by atoms with Gasteiger partial charge in [0.25, 0.3) is 11.6 Å². The van der Waals surface area contributed by atoms with Gasteiger partial charge in [0.2, 0.25) is 5.95 Å². The number of carbonyl (C=O) groups is 1. The molecule has 1 amide bonds. The summed E-state index contributed by atoms with van der Waals surface area (Å²) in [6, 6.07) is 1.10. The van der Waals surface area contributed by atoms with Gasteiger partial charge in [0.15, 0.2) is 0 Å². The smallest absolute Gasteiger partial charge is 0.300 e. The minimum absolute atomic E-state index is 0.0112. The lowest BCUT2D eigenvalue weighted by Gasteiger charge is -2.03. The Kier molecular flexibility index (Phi) is 3.23. The minimum Gasteiger partial charge on any atom is -0.384 e. The van der Waals surface area contributed by atoms with Crippen molar-refractivity contribution in [3.05, 3.63) is 40.3 Å². The summed E-state index contributed by atoms with van der Waals surface area (Å²) >= 11 is 0. The van der Waals surface area contributed by atoms with Crippen molar-refractivity contribution >= 4 is 23.4 Å². The molecule has 0 saturated heterocycles. The number of rotatable bonds is 3. The lowest BCUT2D eigenvalue weighted by Crippen LogP contribution is -2.16. The molecule has 0 bridgehead atoms. The molecule has 0 unspecified atom stereocenters. The molecule has 0 aliphatic rings. The number of anilines is 2. The van der Waals surface area contributed by atoms with Crippen molar-refractivity contribution in [1.82, 2.24) is 20.2 Å². The topological polar surface area (TPSA) is 150 Å². The van der Waals surface area contributed by atoms with Crippen LogP contribution in [0.1, 0.15) is 10.4 Å². The number of nitrogens with zero attached hydrogens (tertiary/aromatic N) is 5. The summed E-state index contributed by atoms with van der Waals surface area (Å²) in [4.78, 5) is 29.2. The Morgan fingerprint density at radius 2 is 2.16 bits per heavy atom. The third-order valence-corrected chi connectivity index (χ3v) is 2.05. The van der Waals surface area contributed by atoms with Crippen molar-refractivity contribution in [2.75, 3.05) is 11.1 Å². The third-order valence-electron chi connectivity index (χ3n) is 2.05. The second-order valence-corrected chi connectivity index (χ2v) is 3.30. The Hall–Kier alpha value is -3.17. The van der Waals surface area contributed by atoms with Crippen molar-refractivity contribution in [3.8, 4) is 0 Å². The first-order chi connectivity index (χ1) is 9.08. The largest absolute Gasteiger partial charge is 0.384 e. The Balaban J connectivity index is 2.33. The molecule has 0 atom stereocenters. The molecule has 0 radical (unpaired) electrons. The molecule has 0 aromatic carbocycles. The zero-order valence-electron chi connectivity index (χ0n) is 9.35. The maximum Gasteiger partial charge on any atom is 0.300 e. The summed E-state index contributed by atoms with van der Waals surface area (Å²) in [7, 11) is 0. The number of nitrogens with two attached hydrogens (primary N) is 1. The predicted molar refractivity (Wildman–Crippen MR) is 63.1 cm³/mol. The van der Waals surface area contributed by atoms with E-state index in [1.165, 1.54) is 12.4 Å². The molecule has 2 aromatic rings. The first kappa shape index (κ1) is 12.3. The van der Waals surface area contributed by atoms with Gasteiger partial charge >= 0.3 is 0 Å². The van der Waals surface area contributed by atoms with Crippen LogP contribution in [0.5, 0.6) is 0 Å². The van der Waals surface area contributed by atoms with E-state index in [0.29, 0.717) is 0 Å². The van der Waals surface area contributed by atoms with Crippen LogP contribution in [0.4, 0.5) is 17.5 Å². The fraction of sp³-hybridized carbons (Fsp3) is 0. The van der Waals surface area contributed by atoms with Crippen LogP contribution in [0.15, 0.2) is 24.7 Å². The molecule has 0 saturated carbocycles. The van der Waals surface area contributed by atoms with Gasteiger partial charge in [0, 0.05) is 0 Å². The van der Waals surface area contributed by atoms with Gasteiger partial charge in [-0.2, -0.15) is 5.10 Å². The monoisotopic (exact) mass is 261 g/mol. The quantitative estimate of drug-likeness (QED) is 0.579. The van der Waals surface area contributed by atoms with Crippen molar-refractivity contribution < 1.29 is 9.72 Å². The summed E-state index contributed by atoms with van der Waals surface area (Å²) in [5, 5.41) is 20.1. The van der Waals surface area contributed by atoms with Crippen LogP contribution in [0, 0.1) is 10.1 Å². The van der Waals surface area contributed by atoms with E-state index in [0.717, 1.165) is 12.3 Å². The highest BCUT2D eigenvalue weighted by Crippen LogP contribution is 2.19. The Bertz CT molecular complexity index is 631. The Morgan fingerprint density at radius 3 is 2.79 bits per heavy atom. The molecule has 0 spiro atoms. The number of nitrogens with one attached hydrogen (secondary N) is 1. The minimum atomic E-state index is -0.770. The molecular formula is C9H7N7O3. The highest BCUT2D eigenvalue weighted by Gasteiger charge is 2.21. The third kappa shape index (κ3) is 2.74. The van der Waals surface area contributed by atoms with Crippen LogP contribution in [-0.4, -0.2) is 31.0 Å². The van der Waals surface area contributed by atoms with Gasteiger partial charge in [-0.1, -0.05) is 0 Å². The van der Waals surface area contributed by atoms with Gasteiger partial charge in [-0.25, -0.2) is 9.97 Å². The lowest BCUT2D eigenvalue weighted by atomic mass is 10.2. The van der Waals surface area contributed by atoms with E-state index in [1.54, 1.807) is 0 Å². The van der Waals surface area contributed by atoms with Crippen molar-refractivity contribution in [2.45, 2.75) is 0 Å². The highest BCUT2D eigenvalue weighted by atomic mass is 16.6. The van der Waals surface area contributed by atoms with Gasteiger partial charge in [0.1, 0.15) is 17.6 Å². The Morgan fingerprint density at radius 1 is 1.37 bits per heavy atom. The van der Waals surface area contributed by atoms with Crippen LogP contribution >= 0.6 is 0 Å². The van der Waals surface area contributed by atoms with E-state index in [1.807, 2.05) is 0 Å². The fourth-order valence-electron chi connectivity index (χ4n) is 1.27. The van der Waals surface area contributed by atoms with Crippen LogP contribution in [0.25, 0.3) is 0 Å². The second-order valence-electron chi connectivity index (χ2n) is 3.30. The molecule has 2 rings (SSSR count). The average molecular weight is 261 g/mol. The van der Waals surface area contributed by atoms with E-state index in [9.17, 15) is 14.9 Å². The van der Waals surface area contributed by atoms with Gasteiger partial charge in [0.05, 0.1) is 17.3 Å². The summed E-state index contributed by atoms with van der Waals surface area (Å²) in [6.07, 6.45) is 3.55. The van der Waals surface area contributed by atoms with Gasteiger partial charge in [-0.3, -0.25) is 20.2 Å². The van der Waals surface area contributed by atoms with Crippen LogP contribution < -0.4 is 11.1 Å². The molecule has 96 valence electrons. The Labute approximate surface area is 105 Å². The summed E-state index contributed by atoms with van der Waals surface area (Å²) in [6.45, 7) is 0. The fourth-order valence-corrected chi connectivity index (χ4v) is 1.27. The molecule has 0 fully saturated rings. The number of carbonyl (C=O) groups excluding carboxylic acids is 1. The van der Waals surface area contributed by atoms with Crippen molar-refractivity contribution in [3.63, 3.8) is 0 Å². The first-order valence-electron chi connectivity index (χ1n) is 4.93. The normalized spacial score (nSPS) is 9.89. The number of hydrogen-bond acceptors (Lipinski definition) is 8. The first-order valence-corrected chi connectivity index (χ1v) is 4.93. The van der Waals surface area contributed by atoms with Crippen LogP contribution in [0.3, 0.4) is 0 Å². The lowest BCUT2D eigenvalue weighted by molar-refractivity contribution is -0.385. The number of nitrogen functional groups attached to an aromatic ring is 1. The zero-order valence-corrected chi connectivity index (χ0v) is 9.35. The maximum absolute atomic E-state index is 11.9. The van der Waals surface area contributed by atoms with E-state index in [4.69, 9.17) is 5.73 Å². The van der Waals surface area contributed by atoms with Crippen molar-refractivity contribution in [2.24, 2.45) is 0 Å². The molecule has 19 heavy (non-hydrogen) atoms. The SMILES string of the molecule is Nc1cc(C(=O)Nc2nccnn2)c([N+](=O)[O-])cn1. The maximum atomic E-state index is 11.9. The number of nitro groups is 1. The highest BCUT2D eigenvalue weighted by molar-refractivity contribution is 6.06. The number of hydrogen-bond donors (Lipinski definition) is 2. The van der Waals surface area contributed by atoms with E-state index in [2.05, 4.69) is 25.5 Å². The van der Waals surface area contributed by atoms with E-state index >= 15 is 0 Å².